The van der Waals surface area contributed by atoms with Crippen LogP contribution in [0.15, 0.2) is 48.5 Å². The van der Waals surface area contributed by atoms with Gasteiger partial charge in [-0.25, -0.2) is 9.07 Å². The summed E-state index contributed by atoms with van der Waals surface area (Å²) in [5, 5.41) is 10.5. The molecule has 0 fully saturated rings. The van der Waals surface area contributed by atoms with Gasteiger partial charge in [0, 0.05) is 5.69 Å². The first kappa shape index (κ1) is 17.4. The molecule has 0 spiro atoms. The second-order valence-corrected chi connectivity index (χ2v) is 5.52. The normalized spacial score (nSPS) is 10.5. The van der Waals surface area contributed by atoms with Gasteiger partial charge in [-0.3, -0.25) is 4.79 Å². The zero-order chi connectivity index (χ0) is 18.5. The lowest BCUT2D eigenvalue weighted by Gasteiger charge is -2.07. The summed E-state index contributed by atoms with van der Waals surface area (Å²) in [6, 6.07) is 12.9. The Morgan fingerprint density at radius 3 is 2.54 bits per heavy atom. The van der Waals surface area contributed by atoms with Gasteiger partial charge in [0.15, 0.2) is 11.5 Å². The van der Waals surface area contributed by atoms with Crippen molar-refractivity contribution in [2.24, 2.45) is 0 Å². The second-order valence-electron chi connectivity index (χ2n) is 5.52. The van der Waals surface area contributed by atoms with Crippen molar-refractivity contribution in [3.05, 3.63) is 65.6 Å². The van der Waals surface area contributed by atoms with Crippen molar-refractivity contribution in [1.82, 2.24) is 15.0 Å². The monoisotopic (exact) mass is 355 g/mol. The number of benzene rings is 2. The third kappa shape index (κ3) is 3.97. The van der Waals surface area contributed by atoms with Crippen molar-refractivity contribution >= 4 is 17.4 Å². The highest BCUT2D eigenvalue weighted by Gasteiger charge is 2.18. The summed E-state index contributed by atoms with van der Waals surface area (Å²) < 4.78 is 19.7. The Morgan fingerprint density at radius 2 is 1.88 bits per heavy atom. The van der Waals surface area contributed by atoms with E-state index in [0.29, 0.717) is 12.3 Å². The molecule has 8 heteroatoms. The molecule has 0 radical (unpaired) electrons. The highest BCUT2D eigenvalue weighted by Crippen LogP contribution is 2.18. The molecule has 2 aromatic carbocycles. The van der Waals surface area contributed by atoms with Crippen molar-refractivity contribution in [2.45, 2.75) is 13.5 Å². The van der Waals surface area contributed by atoms with Crippen LogP contribution in [-0.2, 0) is 6.54 Å². The van der Waals surface area contributed by atoms with E-state index in [1.165, 1.54) is 16.8 Å². The molecule has 0 saturated carbocycles. The van der Waals surface area contributed by atoms with Gasteiger partial charge in [-0.2, -0.15) is 0 Å². The summed E-state index contributed by atoms with van der Waals surface area (Å²) in [6.45, 7) is 2.75. The zero-order valence-corrected chi connectivity index (χ0v) is 14.1. The van der Waals surface area contributed by atoms with Crippen LogP contribution in [0.4, 0.5) is 15.9 Å². The lowest BCUT2D eigenvalue weighted by molar-refractivity contribution is 0.102. The molecule has 3 aromatic rings. The van der Waals surface area contributed by atoms with Crippen LogP contribution in [-0.4, -0.2) is 27.5 Å². The fourth-order valence-corrected chi connectivity index (χ4v) is 2.35. The minimum absolute atomic E-state index is 0.0287. The van der Waals surface area contributed by atoms with Gasteiger partial charge in [0.1, 0.15) is 11.6 Å². The van der Waals surface area contributed by atoms with Crippen LogP contribution >= 0.6 is 0 Å². The SMILES string of the molecule is CCOc1ccc(NC(=O)c2nnn(Cc3ccc(F)cc3)c2N)cc1. The Balaban J connectivity index is 1.70. The maximum Gasteiger partial charge on any atom is 0.280 e. The van der Waals surface area contributed by atoms with Gasteiger partial charge < -0.3 is 15.8 Å². The highest BCUT2D eigenvalue weighted by atomic mass is 19.1. The smallest absolute Gasteiger partial charge is 0.280 e. The minimum Gasteiger partial charge on any atom is -0.494 e. The van der Waals surface area contributed by atoms with Gasteiger partial charge in [-0.15, -0.1) is 5.10 Å². The van der Waals surface area contributed by atoms with E-state index in [9.17, 15) is 9.18 Å². The Morgan fingerprint density at radius 1 is 1.19 bits per heavy atom. The molecule has 0 bridgehead atoms. The average molecular weight is 355 g/mol. The van der Waals surface area contributed by atoms with E-state index in [0.717, 1.165) is 11.3 Å². The van der Waals surface area contributed by atoms with Gasteiger partial charge in [-0.1, -0.05) is 17.3 Å². The fraction of sp³-hybridized carbons (Fsp3) is 0.167. The number of carbonyl (C=O) groups excluding carboxylic acids is 1. The summed E-state index contributed by atoms with van der Waals surface area (Å²) in [6.07, 6.45) is 0. The highest BCUT2D eigenvalue weighted by molar-refractivity contribution is 6.05. The molecule has 0 aliphatic heterocycles. The fourth-order valence-electron chi connectivity index (χ4n) is 2.35. The Kier molecular flexibility index (Phi) is 5.12. The van der Waals surface area contributed by atoms with Gasteiger partial charge >= 0.3 is 0 Å². The number of anilines is 2. The minimum atomic E-state index is -0.461. The summed E-state index contributed by atoms with van der Waals surface area (Å²) in [5.41, 5.74) is 7.39. The van der Waals surface area contributed by atoms with Crippen LogP contribution in [0, 0.1) is 5.82 Å². The topological polar surface area (TPSA) is 95.1 Å². The molecule has 3 rings (SSSR count). The number of nitrogens with two attached hydrogens (primary N) is 1. The maximum absolute atomic E-state index is 13.0. The Bertz CT molecular complexity index is 891. The molecule has 0 saturated heterocycles. The maximum atomic E-state index is 13.0. The largest absolute Gasteiger partial charge is 0.494 e. The number of hydrogen-bond acceptors (Lipinski definition) is 5. The summed E-state index contributed by atoms with van der Waals surface area (Å²) >= 11 is 0. The van der Waals surface area contributed by atoms with Crippen molar-refractivity contribution in [2.75, 3.05) is 17.7 Å². The van der Waals surface area contributed by atoms with Gasteiger partial charge in [-0.05, 0) is 48.9 Å². The van der Waals surface area contributed by atoms with Gasteiger partial charge in [0.05, 0.1) is 13.2 Å². The molecular formula is C18H18FN5O2. The number of halogens is 1. The molecule has 0 aliphatic carbocycles. The van der Waals surface area contributed by atoms with E-state index < -0.39 is 5.91 Å². The predicted molar refractivity (Wildman–Crippen MR) is 95.5 cm³/mol. The molecule has 1 heterocycles. The molecule has 0 aliphatic rings. The average Bonchev–Trinajstić information content (AvgIpc) is 2.99. The lowest BCUT2D eigenvalue weighted by atomic mass is 10.2. The number of hydrogen-bond donors (Lipinski definition) is 2. The molecule has 7 nitrogen and oxygen atoms in total. The van der Waals surface area contributed by atoms with Crippen molar-refractivity contribution in [3.63, 3.8) is 0 Å². The molecular weight excluding hydrogens is 337 g/mol. The van der Waals surface area contributed by atoms with Gasteiger partial charge in [0.25, 0.3) is 5.91 Å². The van der Waals surface area contributed by atoms with Crippen LogP contribution in [0.5, 0.6) is 5.75 Å². The predicted octanol–water partition coefficient (Wildman–Crippen LogP) is 2.70. The molecule has 0 atom stereocenters. The Labute approximate surface area is 149 Å². The van der Waals surface area contributed by atoms with E-state index in [4.69, 9.17) is 10.5 Å². The molecule has 1 aromatic heterocycles. The molecule has 134 valence electrons. The number of amides is 1. The molecule has 0 unspecified atom stereocenters. The third-order valence-electron chi connectivity index (χ3n) is 3.66. The third-order valence-corrected chi connectivity index (χ3v) is 3.66. The van der Waals surface area contributed by atoms with Gasteiger partial charge in [0.2, 0.25) is 0 Å². The number of nitrogens with zero attached hydrogens (tertiary/aromatic N) is 3. The zero-order valence-electron chi connectivity index (χ0n) is 14.1. The van der Waals surface area contributed by atoms with Crippen LogP contribution < -0.4 is 15.8 Å². The van der Waals surface area contributed by atoms with E-state index in [1.54, 1.807) is 36.4 Å². The number of rotatable bonds is 6. The van der Waals surface area contributed by atoms with Crippen molar-refractivity contribution in [1.29, 1.82) is 0 Å². The molecule has 26 heavy (non-hydrogen) atoms. The molecule has 1 amide bonds. The van der Waals surface area contributed by atoms with E-state index >= 15 is 0 Å². The van der Waals surface area contributed by atoms with Crippen LogP contribution in [0.25, 0.3) is 0 Å². The Hall–Kier alpha value is -3.42. The first-order valence-corrected chi connectivity index (χ1v) is 8.04. The first-order chi connectivity index (χ1) is 12.6. The standard InChI is InChI=1S/C18H18FN5O2/c1-2-26-15-9-7-14(8-10-15)21-18(25)16-17(20)24(23-22-16)11-12-3-5-13(19)6-4-12/h3-10H,2,11,20H2,1H3,(H,21,25). The van der Waals surface area contributed by atoms with Crippen molar-refractivity contribution in [3.8, 4) is 5.75 Å². The summed E-state index contributed by atoms with van der Waals surface area (Å²) in [7, 11) is 0. The number of nitrogen functional groups attached to an aromatic ring is 1. The number of ether oxygens (including phenoxy) is 1. The summed E-state index contributed by atoms with van der Waals surface area (Å²) in [5.74, 6) is 0.0702. The van der Waals surface area contributed by atoms with Crippen LogP contribution in [0.3, 0.4) is 0 Å². The first-order valence-electron chi connectivity index (χ1n) is 8.04. The quantitative estimate of drug-likeness (QED) is 0.709. The van der Waals surface area contributed by atoms with Crippen molar-refractivity contribution < 1.29 is 13.9 Å². The number of nitrogens with one attached hydrogen (secondary N) is 1. The summed E-state index contributed by atoms with van der Waals surface area (Å²) in [4.78, 5) is 12.4. The lowest BCUT2D eigenvalue weighted by Crippen LogP contribution is -2.15. The van der Waals surface area contributed by atoms with E-state index in [2.05, 4.69) is 15.6 Å². The van der Waals surface area contributed by atoms with E-state index in [1.807, 2.05) is 6.92 Å². The van der Waals surface area contributed by atoms with Crippen LogP contribution in [0.2, 0.25) is 0 Å². The number of carbonyl (C=O) groups is 1. The number of aromatic nitrogens is 3. The molecule has 3 N–H and O–H groups in total. The van der Waals surface area contributed by atoms with E-state index in [-0.39, 0.29) is 23.9 Å². The second kappa shape index (κ2) is 7.64. The van der Waals surface area contributed by atoms with Crippen LogP contribution in [0.1, 0.15) is 23.0 Å².